The van der Waals surface area contributed by atoms with Gasteiger partial charge in [0.1, 0.15) is 0 Å². The zero-order valence-corrected chi connectivity index (χ0v) is 30.8. The number of aromatic nitrogens is 2. The van der Waals surface area contributed by atoms with E-state index in [1.807, 2.05) is 42.5 Å². The Labute approximate surface area is 331 Å². The molecule has 0 N–H and O–H groups in total. The molecule has 1 aliphatic heterocycles. The first kappa shape index (κ1) is 32.8. The van der Waals surface area contributed by atoms with Crippen LogP contribution in [0, 0.1) is 0 Å². The van der Waals surface area contributed by atoms with Gasteiger partial charge in [0.2, 0.25) is 0 Å². The van der Waals surface area contributed by atoms with Crippen LogP contribution in [0.15, 0.2) is 206 Å². The molecule has 0 atom stereocenters. The molecule has 0 fully saturated rings. The van der Waals surface area contributed by atoms with Gasteiger partial charge < -0.3 is 9.47 Å². The number of hydrogen-bond acceptors (Lipinski definition) is 4. The molecule has 8 aromatic carbocycles. The van der Waals surface area contributed by atoms with Gasteiger partial charge in [-0.3, -0.25) is 0 Å². The first-order chi connectivity index (χ1) is 28.3. The zero-order valence-electron chi connectivity index (χ0n) is 30.8. The molecule has 4 heteroatoms. The van der Waals surface area contributed by atoms with E-state index in [1.54, 1.807) is 0 Å². The fourth-order valence-electron chi connectivity index (χ4n) is 8.75. The fourth-order valence-corrected chi connectivity index (χ4v) is 8.75. The van der Waals surface area contributed by atoms with Crippen LogP contribution in [-0.4, -0.2) is 9.97 Å². The summed E-state index contributed by atoms with van der Waals surface area (Å²) >= 11 is 0. The molecule has 268 valence electrons. The molecule has 0 bridgehead atoms. The normalized spacial score (nSPS) is 13.0. The van der Waals surface area contributed by atoms with Gasteiger partial charge in [-0.05, 0) is 69.3 Å². The van der Waals surface area contributed by atoms with Gasteiger partial charge in [0.15, 0.2) is 28.8 Å². The van der Waals surface area contributed by atoms with Crippen molar-refractivity contribution in [3.63, 3.8) is 0 Å². The quantitative estimate of drug-likeness (QED) is 0.171. The molecular formula is C53H34N2O2. The van der Waals surface area contributed by atoms with Gasteiger partial charge in [0, 0.05) is 22.3 Å². The van der Waals surface area contributed by atoms with Crippen LogP contribution in [-0.2, 0) is 5.41 Å². The zero-order chi connectivity index (χ0) is 37.8. The van der Waals surface area contributed by atoms with Crippen molar-refractivity contribution in [1.82, 2.24) is 9.97 Å². The molecule has 9 aromatic rings. The van der Waals surface area contributed by atoms with Crippen molar-refractivity contribution in [3.8, 4) is 79.2 Å². The summed E-state index contributed by atoms with van der Waals surface area (Å²) in [5, 5.41) is 0. The second-order valence-corrected chi connectivity index (χ2v) is 14.4. The Morgan fingerprint density at radius 3 is 1.61 bits per heavy atom. The molecule has 0 saturated carbocycles. The molecule has 0 spiro atoms. The average Bonchev–Trinajstić information content (AvgIpc) is 3.60. The molecule has 0 radical (unpaired) electrons. The number of nitrogens with zero attached hydrogens (tertiary/aromatic N) is 2. The summed E-state index contributed by atoms with van der Waals surface area (Å²) in [6, 6.07) is 71.7. The Morgan fingerprint density at radius 1 is 0.351 bits per heavy atom. The Balaban J connectivity index is 1.04. The van der Waals surface area contributed by atoms with Crippen LogP contribution in [0.3, 0.4) is 0 Å². The third kappa shape index (κ3) is 5.30. The minimum atomic E-state index is -0.533. The fraction of sp³-hybridized carbons (Fsp3) is 0.0189. The van der Waals surface area contributed by atoms with E-state index in [4.69, 9.17) is 19.4 Å². The number of hydrogen-bond donors (Lipinski definition) is 0. The molecule has 2 aliphatic rings. The topological polar surface area (TPSA) is 44.2 Å². The van der Waals surface area contributed by atoms with Crippen molar-refractivity contribution in [3.05, 3.63) is 229 Å². The molecule has 0 amide bonds. The molecular weight excluding hydrogens is 697 g/mol. The largest absolute Gasteiger partial charge is 0.449 e. The second kappa shape index (κ2) is 13.3. The predicted molar refractivity (Wildman–Crippen MR) is 228 cm³/mol. The molecule has 11 rings (SSSR count). The van der Waals surface area contributed by atoms with E-state index < -0.39 is 5.41 Å². The summed E-state index contributed by atoms with van der Waals surface area (Å²) < 4.78 is 13.7. The van der Waals surface area contributed by atoms with E-state index >= 15 is 0 Å². The maximum Gasteiger partial charge on any atom is 0.178 e. The summed E-state index contributed by atoms with van der Waals surface area (Å²) in [5.41, 5.74) is 13.2. The van der Waals surface area contributed by atoms with Crippen molar-refractivity contribution in [1.29, 1.82) is 0 Å². The van der Waals surface area contributed by atoms with Crippen LogP contribution >= 0.6 is 0 Å². The Morgan fingerprint density at radius 2 is 0.912 bits per heavy atom. The van der Waals surface area contributed by atoms with Crippen molar-refractivity contribution < 1.29 is 9.47 Å². The SMILES string of the molecule is c1ccc(-c2cc(-c3ccccc3-c3ccccc3)nc(-c3ccc4c(c3)Oc3ccc5c(c3O4)-c3ccccc3C5(c3ccccc3)c3ccccc3)n2)cc1. The lowest BCUT2D eigenvalue weighted by Gasteiger charge is -2.34. The van der Waals surface area contributed by atoms with Gasteiger partial charge in [0.05, 0.1) is 16.8 Å². The average molecular weight is 731 g/mol. The van der Waals surface area contributed by atoms with E-state index in [2.05, 4.69) is 164 Å². The maximum atomic E-state index is 6.92. The van der Waals surface area contributed by atoms with Crippen molar-refractivity contribution in [2.75, 3.05) is 0 Å². The van der Waals surface area contributed by atoms with Gasteiger partial charge in [-0.15, -0.1) is 0 Å². The monoisotopic (exact) mass is 730 g/mol. The van der Waals surface area contributed by atoms with Crippen LogP contribution < -0.4 is 9.47 Å². The van der Waals surface area contributed by atoms with E-state index in [-0.39, 0.29) is 0 Å². The lowest BCUT2D eigenvalue weighted by atomic mass is 9.68. The molecule has 2 heterocycles. The number of ether oxygens (including phenoxy) is 2. The van der Waals surface area contributed by atoms with E-state index in [0.29, 0.717) is 23.1 Å². The van der Waals surface area contributed by atoms with Crippen molar-refractivity contribution in [2.24, 2.45) is 0 Å². The smallest absolute Gasteiger partial charge is 0.178 e. The molecule has 1 aromatic heterocycles. The third-order valence-corrected chi connectivity index (χ3v) is 11.3. The Kier molecular flexibility index (Phi) is 7.68. The molecule has 1 aliphatic carbocycles. The highest BCUT2D eigenvalue weighted by molar-refractivity contribution is 5.92. The van der Waals surface area contributed by atoms with Crippen LogP contribution in [0.1, 0.15) is 22.3 Å². The molecule has 4 nitrogen and oxygen atoms in total. The van der Waals surface area contributed by atoms with Crippen LogP contribution in [0.2, 0.25) is 0 Å². The first-order valence-electron chi connectivity index (χ1n) is 19.2. The molecule has 0 saturated heterocycles. The second-order valence-electron chi connectivity index (χ2n) is 14.4. The first-order valence-corrected chi connectivity index (χ1v) is 19.2. The Hall–Kier alpha value is -7.56. The van der Waals surface area contributed by atoms with Gasteiger partial charge in [0.25, 0.3) is 0 Å². The van der Waals surface area contributed by atoms with Gasteiger partial charge in [-0.25, -0.2) is 9.97 Å². The summed E-state index contributed by atoms with van der Waals surface area (Å²) in [5.74, 6) is 3.24. The van der Waals surface area contributed by atoms with Crippen LogP contribution in [0.25, 0.3) is 56.2 Å². The minimum Gasteiger partial charge on any atom is -0.449 e. The van der Waals surface area contributed by atoms with Crippen LogP contribution in [0.5, 0.6) is 23.0 Å². The molecule has 57 heavy (non-hydrogen) atoms. The van der Waals surface area contributed by atoms with Crippen molar-refractivity contribution in [2.45, 2.75) is 5.41 Å². The predicted octanol–water partition coefficient (Wildman–Crippen LogP) is 13.4. The highest BCUT2D eigenvalue weighted by atomic mass is 16.6. The third-order valence-electron chi connectivity index (χ3n) is 11.3. The standard InChI is InChI=1S/C53H34N2O2/c1-5-17-35(18-6-1)40-25-13-14-26-41(40)46-34-45(36-19-7-2-8-20-36)54-52(55-46)37-29-31-47-49(33-37)56-48-32-30-44-50(51(48)57-47)42-27-15-16-28-43(42)53(44,38-21-9-3-10-22-38)39-23-11-4-12-24-39/h1-34H. The van der Waals surface area contributed by atoms with E-state index in [9.17, 15) is 0 Å². The highest BCUT2D eigenvalue weighted by Crippen LogP contribution is 2.62. The molecule has 0 unspecified atom stereocenters. The Bertz CT molecular complexity index is 2910. The lowest BCUT2D eigenvalue weighted by molar-refractivity contribution is 0.360. The van der Waals surface area contributed by atoms with Gasteiger partial charge in [-0.1, -0.05) is 176 Å². The lowest BCUT2D eigenvalue weighted by Crippen LogP contribution is -2.28. The highest BCUT2D eigenvalue weighted by Gasteiger charge is 2.48. The number of fused-ring (bicyclic) bond motifs is 6. The van der Waals surface area contributed by atoms with Gasteiger partial charge in [-0.2, -0.15) is 0 Å². The van der Waals surface area contributed by atoms with Crippen LogP contribution in [0.4, 0.5) is 0 Å². The summed E-state index contributed by atoms with van der Waals surface area (Å²) in [4.78, 5) is 10.4. The van der Waals surface area contributed by atoms with Crippen molar-refractivity contribution >= 4 is 0 Å². The summed E-state index contributed by atoms with van der Waals surface area (Å²) in [6.45, 7) is 0. The van der Waals surface area contributed by atoms with E-state index in [0.717, 1.165) is 61.6 Å². The number of rotatable bonds is 6. The summed E-state index contributed by atoms with van der Waals surface area (Å²) in [7, 11) is 0. The maximum absolute atomic E-state index is 6.92. The minimum absolute atomic E-state index is 0.533. The number of benzene rings is 8. The van der Waals surface area contributed by atoms with E-state index in [1.165, 1.54) is 16.7 Å². The summed E-state index contributed by atoms with van der Waals surface area (Å²) in [6.07, 6.45) is 0. The van der Waals surface area contributed by atoms with Gasteiger partial charge >= 0.3 is 0 Å².